The molecule has 5 rings (SSSR count). The summed E-state index contributed by atoms with van der Waals surface area (Å²) in [5.41, 5.74) is 3.96. The predicted octanol–water partition coefficient (Wildman–Crippen LogP) is 5.77. The number of ketones is 1. The maximum atomic E-state index is 13.5. The van der Waals surface area contributed by atoms with Crippen LogP contribution >= 0.6 is 0 Å². The predicted molar refractivity (Wildman–Crippen MR) is 141 cm³/mol. The maximum absolute atomic E-state index is 13.5. The van der Waals surface area contributed by atoms with E-state index in [4.69, 9.17) is 4.74 Å². The van der Waals surface area contributed by atoms with Gasteiger partial charge in [-0.05, 0) is 49.2 Å². The van der Waals surface area contributed by atoms with E-state index < -0.39 is 17.7 Å². The molecule has 0 bridgehead atoms. The number of fused-ring (bicyclic) bond motifs is 1. The zero-order chi connectivity index (χ0) is 25.4. The Morgan fingerprint density at radius 3 is 2.44 bits per heavy atom. The highest BCUT2D eigenvalue weighted by Gasteiger charge is 2.47. The van der Waals surface area contributed by atoms with E-state index in [1.165, 1.54) is 4.90 Å². The van der Waals surface area contributed by atoms with E-state index in [0.29, 0.717) is 23.6 Å². The number of aryl methyl sites for hydroxylation is 2. The number of benzene rings is 3. The van der Waals surface area contributed by atoms with Crippen molar-refractivity contribution in [1.82, 2.24) is 4.57 Å². The quantitative estimate of drug-likeness (QED) is 0.216. The standard InChI is InChI=1S/C30H28N2O4/c1-4-19-13-15-21(16-14-19)32-27(24-18-31(3)25-12-7-6-11-23(24)25)26(29(34)30(32)35)28(33)20-9-8-10-22(17-20)36-5-2/h6-18,27,33H,4-5H2,1-3H3/b28-26+. The highest BCUT2D eigenvalue weighted by molar-refractivity contribution is 6.51. The van der Waals surface area contributed by atoms with Crippen molar-refractivity contribution < 1.29 is 19.4 Å². The monoisotopic (exact) mass is 480 g/mol. The van der Waals surface area contributed by atoms with E-state index in [1.54, 1.807) is 24.3 Å². The third-order valence-electron chi connectivity index (χ3n) is 6.71. The van der Waals surface area contributed by atoms with Crippen molar-refractivity contribution in [3.8, 4) is 5.75 Å². The number of aromatic nitrogens is 1. The molecule has 1 aliphatic rings. The van der Waals surface area contributed by atoms with E-state index >= 15 is 0 Å². The number of anilines is 1. The van der Waals surface area contributed by atoms with Gasteiger partial charge in [-0.15, -0.1) is 0 Å². The van der Waals surface area contributed by atoms with Gasteiger partial charge in [0.05, 0.1) is 18.2 Å². The van der Waals surface area contributed by atoms with Gasteiger partial charge in [0.15, 0.2) is 0 Å². The molecule has 3 aromatic carbocycles. The van der Waals surface area contributed by atoms with Gasteiger partial charge in [-0.2, -0.15) is 0 Å². The number of Topliss-reactive ketones (excluding diaryl/α,β-unsaturated/α-hetero) is 1. The number of rotatable bonds is 6. The van der Waals surface area contributed by atoms with E-state index in [2.05, 4.69) is 6.92 Å². The van der Waals surface area contributed by atoms with Crippen LogP contribution < -0.4 is 9.64 Å². The van der Waals surface area contributed by atoms with E-state index in [1.807, 2.05) is 73.3 Å². The normalized spacial score (nSPS) is 17.2. The number of aliphatic hydroxyl groups excluding tert-OH is 1. The van der Waals surface area contributed by atoms with Crippen LogP contribution in [0, 0.1) is 0 Å². The lowest BCUT2D eigenvalue weighted by Gasteiger charge is -2.25. The fraction of sp³-hybridized carbons (Fsp3) is 0.200. The molecule has 0 saturated carbocycles. The van der Waals surface area contributed by atoms with Gasteiger partial charge in [0.2, 0.25) is 0 Å². The van der Waals surface area contributed by atoms with Crippen LogP contribution in [0.5, 0.6) is 5.75 Å². The average molecular weight is 481 g/mol. The third-order valence-corrected chi connectivity index (χ3v) is 6.71. The highest BCUT2D eigenvalue weighted by atomic mass is 16.5. The third kappa shape index (κ3) is 3.85. The van der Waals surface area contributed by atoms with Crippen LogP contribution in [0.3, 0.4) is 0 Å². The number of carbonyl (C=O) groups is 2. The largest absolute Gasteiger partial charge is 0.507 e. The second-order valence-electron chi connectivity index (χ2n) is 8.86. The lowest BCUT2D eigenvalue weighted by atomic mass is 9.94. The molecule has 1 amide bonds. The molecule has 1 aliphatic heterocycles. The van der Waals surface area contributed by atoms with Crippen molar-refractivity contribution in [2.45, 2.75) is 26.3 Å². The molecule has 1 N–H and O–H groups in total. The SMILES string of the molecule is CCOc1cccc(/C(O)=C2\C(=O)C(=O)N(c3ccc(CC)cc3)C2c2cn(C)c3ccccc23)c1. The van der Waals surface area contributed by atoms with E-state index in [-0.39, 0.29) is 11.3 Å². The van der Waals surface area contributed by atoms with Crippen molar-refractivity contribution >= 4 is 34.0 Å². The summed E-state index contributed by atoms with van der Waals surface area (Å²) in [7, 11) is 1.93. The maximum Gasteiger partial charge on any atom is 0.300 e. The number of carbonyl (C=O) groups excluding carboxylic acids is 2. The number of hydrogen-bond acceptors (Lipinski definition) is 4. The Morgan fingerprint density at radius 1 is 0.972 bits per heavy atom. The highest BCUT2D eigenvalue weighted by Crippen LogP contribution is 2.44. The zero-order valence-electron chi connectivity index (χ0n) is 20.6. The van der Waals surface area contributed by atoms with Crippen molar-refractivity contribution in [2.75, 3.05) is 11.5 Å². The summed E-state index contributed by atoms with van der Waals surface area (Å²) < 4.78 is 7.57. The second kappa shape index (κ2) is 9.38. The minimum absolute atomic E-state index is 0.0598. The molecule has 0 aliphatic carbocycles. The molecule has 1 unspecified atom stereocenters. The molecule has 182 valence electrons. The first-order valence-corrected chi connectivity index (χ1v) is 12.1. The number of nitrogens with zero attached hydrogens (tertiary/aromatic N) is 2. The molecule has 2 heterocycles. The summed E-state index contributed by atoms with van der Waals surface area (Å²) in [5, 5.41) is 12.4. The van der Waals surface area contributed by atoms with Crippen LogP contribution in [-0.4, -0.2) is 28.0 Å². The Bertz CT molecular complexity index is 1500. The van der Waals surface area contributed by atoms with Crippen molar-refractivity contribution in [3.05, 3.63) is 101 Å². The van der Waals surface area contributed by atoms with Crippen molar-refractivity contribution in [3.63, 3.8) is 0 Å². The van der Waals surface area contributed by atoms with Gasteiger partial charge in [0.25, 0.3) is 11.7 Å². The Hall–Kier alpha value is -4.32. The first kappa shape index (κ1) is 23.4. The molecule has 4 aromatic rings. The Kier molecular flexibility index (Phi) is 6.10. The smallest absolute Gasteiger partial charge is 0.300 e. The molecule has 0 spiro atoms. The van der Waals surface area contributed by atoms with Crippen LogP contribution in [0.25, 0.3) is 16.7 Å². The molecule has 1 saturated heterocycles. The number of aliphatic hydroxyl groups is 1. The van der Waals surface area contributed by atoms with Crippen molar-refractivity contribution in [1.29, 1.82) is 0 Å². The topological polar surface area (TPSA) is 71.8 Å². The lowest BCUT2D eigenvalue weighted by Crippen LogP contribution is -2.29. The molecule has 0 radical (unpaired) electrons. The molecule has 6 nitrogen and oxygen atoms in total. The van der Waals surface area contributed by atoms with Gasteiger partial charge in [-0.1, -0.05) is 49.4 Å². The van der Waals surface area contributed by atoms with Gasteiger partial charge in [-0.3, -0.25) is 14.5 Å². The Labute approximate surface area is 210 Å². The molecule has 1 fully saturated rings. The minimum Gasteiger partial charge on any atom is -0.507 e. The summed E-state index contributed by atoms with van der Waals surface area (Å²) in [4.78, 5) is 28.5. The molecule has 36 heavy (non-hydrogen) atoms. The fourth-order valence-electron chi connectivity index (χ4n) is 4.93. The van der Waals surface area contributed by atoms with Crippen molar-refractivity contribution in [2.24, 2.45) is 7.05 Å². The summed E-state index contributed by atoms with van der Waals surface area (Å²) in [6.07, 6.45) is 2.79. The summed E-state index contributed by atoms with van der Waals surface area (Å²) in [6.45, 7) is 4.41. The number of hydrogen-bond donors (Lipinski definition) is 1. The van der Waals surface area contributed by atoms with Gasteiger partial charge in [-0.25, -0.2) is 0 Å². The van der Waals surface area contributed by atoms with Crippen LogP contribution in [0.1, 0.15) is 36.6 Å². The van der Waals surface area contributed by atoms with Gasteiger partial charge in [0, 0.05) is 41.0 Å². The minimum atomic E-state index is -0.792. The number of amides is 1. The van der Waals surface area contributed by atoms with Crippen LogP contribution in [-0.2, 0) is 23.1 Å². The summed E-state index contributed by atoms with van der Waals surface area (Å²) in [6, 6.07) is 21.6. The Balaban J connectivity index is 1.76. The molecular weight excluding hydrogens is 452 g/mol. The molecule has 6 heteroatoms. The summed E-state index contributed by atoms with van der Waals surface area (Å²) in [5.74, 6) is -1.03. The van der Waals surface area contributed by atoms with E-state index in [9.17, 15) is 14.7 Å². The first-order valence-electron chi connectivity index (χ1n) is 12.1. The second-order valence-corrected chi connectivity index (χ2v) is 8.86. The molecular formula is C30H28N2O4. The van der Waals surface area contributed by atoms with Crippen LogP contribution in [0.15, 0.2) is 84.6 Å². The Morgan fingerprint density at radius 2 is 1.72 bits per heavy atom. The average Bonchev–Trinajstić information content (AvgIpc) is 3.37. The zero-order valence-corrected chi connectivity index (χ0v) is 20.6. The first-order chi connectivity index (χ1) is 17.4. The molecule has 1 aromatic heterocycles. The van der Waals surface area contributed by atoms with Gasteiger partial charge >= 0.3 is 0 Å². The van der Waals surface area contributed by atoms with Crippen LogP contribution in [0.4, 0.5) is 5.69 Å². The summed E-state index contributed by atoms with van der Waals surface area (Å²) >= 11 is 0. The lowest BCUT2D eigenvalue weighted by molar-refractivity contribution is -0.132. The number of para-hydroxylation sites is 1. The molecule has 1 atom stereocenters. The number of ether oxygens (including phenoxy) is 1. The van der Waals surface area contributed by atoms with E-state index in [0.717, 1.165) is 28.5 Å². The fourth-order valence-corrected chi connectivity index (χ4v) is 4.93. The van der Waals surface area contributed by atoms with Gasteiger partial charge in [0.1, 0.15) is 11.5 Å². The van der Waals surface area contributed by atoms with Gasteiger partial charge < -0.3 is 14.4 Å². The van der Waals surface area contributed by atoms with Crippen LogP contribution in [0.2, 0.25) is 0 Å².